The average Bonchev–Trinajstić information content (AvgIpc) is 2.57. The smallest absolute Gasteiger partial charge is 0.416 e. The van der Waals surface area contributed by atoms with Gasteiger partial charge in [-0.2, -0.15) is 13.2 Å². The van der Waals surface area contributed by atoms with Gasteiger partial charge in [0.05, 0.1) is 11.1 Å². The summed E-state index contributed by atoms with van der Waals surface area (Å²) in [5.74, 6) is -2.00. The normalized spacial score (nSPS) is 12.8. The van der Waals surface area contributed by atoms with Crippen LogP contribution in [0.25, 0.3) is 0 Å². The SMILES string of the molecule is CCCCCCCC(CCCC)OC(=O)c1cc(F)cc(C(F)(F)F)c1. The molecule has 0 aliphatic heterocycles. The summed E-state index contributed by atoms with van der Waals surface area (Å²) in [5.41, 5.74) is -1.58. The number of esters is 1. The summed E-state index contributed by atoms with van der Waals surface area (Å²) in [7, 11) is 0. The molecular weight excluding hydrogens is 348 g/mol. The van der Waals surface area contributed by atoms with E-state index >= 15 is 0 Å². The number of ether oxygens (including phenoxy) is 1. The van der Waals surface area contributed by atoms with E-state index in [2.05, 4.69) is 6.92 Å². The minimum atomic E-state index is -4.71. The van der Waals surface area contributed by atoms with Crippen molar-refractivity contribution in [2.75, 3.05) is 0 Å². The number of halogens is 4. The molecule has 1 rings (SSSR count). The summed E-state index contributed by atoms with van der Waals surface area (Å²) in [4.78, 5) is 12.2. The minimum absolute atomic E-state index is 0.346. The van der Waals surface area contributed by atoms with Crippen molar-refractivity contribution in [3.63, 3.8) is 0 Å². The maximum Gasteiger partial charge on any atom is 0.416 e. The van der Waals surface area contributed by atoms with Gasteiger partial charge in [0.25, 0.3) is 0 Å². The van der Waals surface area contributed by atoms with Crippen molar-refractivity contribution < 1.29 is 27.1 Å². The standard InChI is InChI=1S/C20H28F4O2/c1-3-5-7-8-9-11-18(10-6-4-2)26-19(25)15-12-16(20(22,23)24)14-17(21)13-15/h12-14,18H,3-11H2,1-2H3. The van der Waals surface area contributed by atoms with E-state index in [0.717, 1.165) is 51.0 Å². The van der Waals surface area contributed by atoms with Gasteiger partial charge in [0, 0.05) is 0 Å². The molecule has 148 valence electrons. The highest BCUT2D eigenvalue weighted by Crippen LogP contribution is 2.30. The molecule has 0 fully saturated rings. The Labute approximate surface area is 152 Å². The van der Waals surface area contributed by atoms with Gasteiger partial charge in [-0.1, -0.05) is 52.4 Å². The van der Waals surface area contributed by atoms with Crippen LogP contribution < -0.4 is 0 Å². The fourth-order valence-corrected chi connectivity index (χ4v) is 2.76. The number of alkyl halides is 3. The molecule has 26 heavy (non-hydrogen) atoms. The van der Waals surface area contributed by atoms with Crippen molar-refractivity contribution in [1.82, 2.24) is 0 Å². The zero-order valence-electron chi connectivity index (χ0n) is 15.5. The number of benzene rings is 1. The average molecular weight is 376 g/mol. The van der Waals surface area contributed by atoms with Crippen molar-refractivity contribution in [2.45, 2.75) is 83.9 Å². The van der Waals surface area contributed by atoms with Gasteiger partial charge >= 0.3 is 12.1 Å². The summed E-state index contributed by atoms with van der Waals surface area (Å²) in [5, 5.41) is 0. The van der Waals surface area contributed by atoms with E-state index in [0.29, 0.717) is 25.0 Å². The second kappa shape index (κ2) is 11.2. The quantitative estimate of drug-likeness (QED) is 0.238. The highest BCUT2D eigenvalue weighted by molar-refractivity contribution is 5.89. The second-order valence-electron chi connectivity index (χ2n) is 6.60. The van der Waals surface area contributed by atoms with Gasteiger partial charge in [-0.05, 0) is 37.5 Å². The molecule has 0 amide bonds. The van der Waals surface area contributed by atoms with Crippen LogP contribution in [0.1, 0.15) is 87.6 Å². The van der Waals surface area contributed by atoms with Gasteiger partial charge in [0.1, 0.15) is 11.9 Å². The molecule has 2 nitrogen and oxygen atoms in total. The first-order valence-corrected chi connectivity index (χ1v) is 9.36. The third-order valence-electron chi connectivity index (χ3n) is 4.24. The molecule has 0 saturated carbocycles. The van der Waals surface area contributed by atoms with Crippen molar-refractivity contribution >= 4 is 5.97 Å². The van der Waals surface area contributed by atoms with Crippen molar-refractivity contribution in [2.24, 2.45) is 0 Å². The Balaban J connectivity index is 2.74. The maximum atomic E-state index is 13.5. The Morgan fingerprint density at radius 2 is 1.58 bits per heavy atom. The van der Waals surface area contributed by atoms with E-state index in [-0.39, 0.29) is 6.10 Å². The van der Waals surface area contributed by atoms with Crippen LogP contribution in [0, 0.1) is 5.82 Å². The van der Waals surface area contributed by atoms with Crippen LogP contribution in [0.2, 0.25) is 0 Å². The highest BCUT2D eigenvalue weighted by Gasteiger charge is 2.32. The van der Waals surface area contributed by atoms with Crippen LogP contribution in [0.3, 0.4) is 0 Å². The first-order chi connectivity index (χ1) is 12.3. The lowest BCUT2D eigenvalue weighted by atomic mass is 10.0. The third-order valence-corrected chi connectivity index (χ3v) is 4.24. The number of hydrogen-bond acceptors (Lipinski definition) is 2. The van der Waals surface area contributed by atoms with Crippen molar-refractivity contribution in [1.29, 1.82) is 0 Å². The first-order valence-electron chi connectivity index (χ1n) is 9.36. The Bertz CT molecular complexity index is 555. The van der Waals surface area contributed by atoms with Crippen LogP contribution in [0.15, 0.2) is 18.2 Å². The van der Waals surface area contributed by atoms with E-state index in [4.69, 9.17) is 4.74 Å². The van der Waals surface area contributed by atoms with Gasteiger partial charge in [0.15, 0.2) is 0 Å². The minimum Gasteiger partial charge on any atom is -0.459 e. The van der Waals surface area contributed by atoms with E-state index < -0.39 is 29.1 Å². The van der Waals surface area contributed by atoms with E-state index in [1.165, 1.54) is 0 Å². The third kappa shape index (κ3) is 8.19. The lowest BCUT2D eigenvalue weighted by molar-refractivity contribution is -0.137. The Morgan fingerprint density at radius 3 is 2.19 bits per heavy atom. The molecule has 6 heteroatoms. The number of rotatable bonds is 11. The molecule has 0 aliphatic rings. The van der Waals surface area contributed by atoms with Crippen molar-refractivity contribution in [3.8, 4) is 0 Å². The second-order valence-corrected chi connectivity index (χ2v) is 6.60. The molecule has 1 aromatic carbocycles. The fourth-order valence-electron chi connectivity index (χ4n) is 2.76. The predicted octanol–water partition coefficient (Wildman–Crippen LogP) is 6.92. The Morgan fingerprint density at radius 1 is 0.962 bits per heavy atom. The molecule has 0 saturated heterocycles. The molecule has 0 spiro atoms. The van der Waals surface area contributed by atoms with E-state index in [1.54, 1.807) is 0 Å². The molecule has 0 aliphatic carbocycles. The molecule has 0 radical (unpaired) electrons. The summed E-state index contributed by atoms with van der Waals surface area (Å²) < 4.78 is 57.2. The largest absolute Gasteiger partial charge is 0.459 e. The molecule has 1 unspecified atom stereocenters. The highest BCUT2D eigenvalue weighted by atomic mass is 19.4. The summed E-state index contributed by atoms with van der Waals surface area (Å²) in [6.07, 6.45) is 3.42. The summed E-state index contributed by atoms with van der Waals surface area (Å²) >= 11 is 0. The first kappa shape index (κ1) is 22.5. The van der Waals surface area contributed by atoms with Crippen LogP contribution in [-0.4, -0.2) is 12.1 Å². The number of carbonyl (C=O) groups is 1. The molecule has 0 N–H and O–H groups in total. The molecular formula is C20H28F4O2. The van der Waals surface area contributed by atoms with Gasteiger partial charge < -0.3 is 4.74 Å². The predicted molar refractivity (Wildman–Crippen MR) is 93.5 cm³/mol. The van der Waals surface area contributed by atoms with Gasteiger partial charge in [-0.3, -0.25) is 0 Å². The van der Waals surface area contributed by atoms with Gasteiger partial charge in [0.2, 0.25) is 0 Å². The van der Waals surface area contributed by atoms with E-state index in [9.17, 15) is 22.4 Å². The number of unbranched alkanes of at least 4 members (excludes halogenated alkanes) is 5. The zero-order valence-corrected chi connectivity index (χ0v) is 15.5. The van der Waals surface area contributed by atoms with Crippen molar-refractivity contribution in [3.05, 3.63) is 35.1 Å². The lowest BCUT2D eigenvalue weighted by Gasteiger charge is -2.18. The molecule has 0 bridgehead atoms. The fraction of sp³-hybridized carbons (Fsp3) is 0.650. The Kier molecular flexibility index (Phi) is 9.66. The molecule has 0 aromatic heterocycles. The summed E-state index contributed by atoms with van der Waals surface area (Å²) in [6.45, 7) is 4.14. The van der Waals surface area contributed by atoms with Gasteiger partial charge in [-0.15, -0.1) is 0 Å². The van der Waals surface area contributed by atoms with Gasteiger partial charge in [-0.25, -0.2) is 9.18 Å². The molecule has 1 atom stereocenters. The Hall–Kier alpha value is -1.59. The number of hydrogen-bond donors (Lipinski definition) is 0. The molecule has 0 heterocycles. The molecule has 1 aromatic rings. The van der Waals surface area contributed by atoms with Crippen LogP contribution in [-0.2, 0) is 10.9 Å². The topological polar surface area (TPSA) is 26.3 Å². The summed E-state index contributed by atoms with van der Waals surface area (Å²) in [6, 6.07) is 1.80. The van der Waals surface area contributed by atoms with Crippen LogP contribution >= 0.6 is 0 Å². The zero-order chi connectivity index (χ0) is 19.6. The number of carbonyl (C=O) groups excluding carboxylic acids is 1. The lowest BCUT2D eigenvalue weighted by Crippen LogP contribution is -2.19. The van der Waals surface area contributed by atoms with Crippen LogP contribution in [0.4, 0.5) is 17.6 Å². The monoisotopic (exact) mass is 376 g/mol. The van der Waals surface area contributed by atoms with E-state index in [1.807, 2.05) is 6.92 Å². The maximum absolute atomic E-state index is 13.5. The van der Waals surface area contributed by atoms with Crippen LogP contribution in [0.5, 0.6) is 0 Å².